The molecule has 0 bridgehead atoms. The fraction of sp³-hybridized carbons (Fsp3) is 0.429. The van der Waals surface area contributed by atoms with E-state index in [9.17, 15) is 4.79 Å². The minimum Gasteiger partial charge on any atom is -0.312 e. The molecule has 2 atom stereocenters. The molecule has 94 valence electrons. The summed E-state index contributed by atoms with van der Waals surface area (Å²) in [7, 11) is 1.74. The molecule has 1 aromatic rings. The number of hydrazone groups is 1. The van der Waals surface area contributed by atoms with Gasteiger partial charge in [-0.25, -0.2) is 5.01 Å². The van der Waals surface area contributed by atoms with Crippen LogP contribution in [0.4, 0.5) is 0 Å². The van der Waals surface area contributed by atoms with Crippen LogP contribution in [-0.2, 0) is 11.2 Å². The Kier molecular flexibility index (Phi) is 2.88. The molecule has 2 aliphatic heterocycles. The molecule has 4 heteroatoms. The van der Waals surface area contributed by atoms with Crippen molar-refractivity contribution in [2.24, 2.45) is 11.0 Å². The molecular weight excluding hydrogens is 226 g/mol. The second-order valence-corrected chi connectivity index (χ2v) is 4.93. The number of carbonyl (C=O) groups is 1. The van der Waals surface area contributed by atoms with Gasteiger partial charge in [0.05, 0.1) is 11.6 Å². The second-order valence-electron chi connectivity index (χ2n) is 4.93. The van der Waals surface area contributed by atoms with Crippen LogP contribution >= 0.6 is 0 Å². The molecule has 1 saturated heterocycles. The molecule has 0 radical (unpaired) electrons. The molecule has 18 heavy (non-hydrogen) atoms. The molecule has 1 aromatic carbocycles. The lowest BCUT2D eigenvalue weighted by atomic mass is 9.85. The Balaban J connectivity index is 1.80. The van der Waals surface area contributed by atoms with E-state index in [4.69, 9.17) is 0 Å². The number of fused-ring (bicyclic) bond motifs is 1. The number of hydrogen-bond acceptors (Lipinski definition) is 3. The van der Waals surface area contributed by atoms with Gasteiger partial charge < -0.3 is 5.32 Å². The maximum atomic E-state index is 12.1. The van der Waals surface area contributed by atoms with Crippen molar-refractivity contribution < 1.29 is 4.79 Å². The van der Waals surface area contributed by atoms with Crippen molar-refractivity contribution in [1.29, 1.82) is 0 Å². The topological polar surface area (TPSA) is 44.7 Å². The van der Waals surface area contributed by atoms with Gasteiger partial charge in [0.15, 0.2) is 0 Å². The van der Waals surface area contributed by atoms with Crippen LogP contribution < -0.4 is 5.32 Å². The van der Waals surface area contributed by atoms with E-state index in [0.717, 1.165) is 25.1 Å². The van der Waals surface area contributed by atoms with Crippen molar-refractivity contribution in [3.05, 3.63) is 35.9 Å². The van der Waals surface area contributed by atoms with E-state index < -0.39 is 0 Å². The molecule has 2 heterocycles. The maximum Gasteiger partial charge on any atom is 0.252 e. The molecule has 1 fully saturated rings. The highest BCUT2D eigenvalue weighted by Crippen LogP contribution is 2.25. The maximum absolute atomic E-state index is 12.1. The van der Waals surface area contributed by atoms with Crippen molar-refractivity contribution in [2.45, 2.75) is 18.9 Å². The lowest BCUT2D eigenvalue weighted by Gasteiger charge is -2.29. The van der Waals surface area contributed by atoms with Crippen molar-refractivity contribution in [1.82, 2.24) is 10.3 Å². The summed E-state index contributed by atoms with van der Waals surface area (Å²) in [6.45, 7) is 0.911. The summed E-state index contributed by atoms with van der Waals surface area (Å²) in [5.41, 5.74) is 2.31. The van der Waals surface area contributed by atoms with Gasteiger partial charge in [-0.1, -0.05) is 30.3 Å². The normalized spacial score (nSPS) is 27.1. The molecule has 2 aliphatic rings. The predicted molar refractivity (Wildman–Crippen MR) is 70.2 cm³/mol. The summed E-state index contributed by atoms with van der Waals surface area (Å²) in [6.07, 6.45) is 1.76. The number of benzene rings is 1. The molecule has 3 rings (SSSR count). The standard InChI is InChI=1S/C14H17N3O/c1-17-14(18)13-11(16-17)7-8-15-12(13)9-10-5-3-2-4-6-10/h2-6,12-13,15H,7-9H2,1H3. The Hall–Kier alpha value is -1.68. The molecule has 4 nitrogen and oxygen atoms in total. The van der Waals surface area contributed by atoms with Gasteiger partial charge >= 0.3 is 0 Å². The van der Waals surface area contributed by atoms with Crippen LogP contribution in [0, 0.1) is 5.92 Å². The van der Waals surface area contributed by atoms with Crippen LogP contribution in [-0.4, -0.2) is 36.3 Å². The fourth-order valence-electron chi connectivity index (χ4n) is 2.82. The molecule has 0 spiro atoms. The Morgan fingerprint density at radius 1 is 1.39 bits per heavy atom. The Morgan fingerprint density at radius 2 is 2.17 bits per heavy atom. The monoisotopic (exact) mass is 243 g/mol. The van der Waals surface area contributed by atoms with E-state index in [1.54, 1.807) is 7.05 Å². The van der Waals surface area contributed by atoms with E-state index in [2.05, 4.69) is 22.6 Å². The van der Waals surface area contributed by atoms with Crippen molar-refractivity contribution in [3.8, 4) is 0 Å². The number of piperidine rings is 1. The van der Waals surface area contributed by atoms with Crippen LogP contribution in [0.3, 0.4) is 0 Å². The molecule has 1 amide bonds. The minimum absolute atomic E-state index is 0.0658. The molecule has 0 saturated carbocycles. The summed E-state index contributed by atoms with van der Waals surface area (Å²) in [5, 5.41) is 9.30. The van der Waals surface area contributed by atoms with E-state index >= 15 is 0 Å². The van der Waals surface area contributed by atoms with Gasteiger partial charge in [0.25, 0.3) is 5.91 Å². The molecule has 1 N–H and O–H groups in total. The first kappa shape index (κ1) is 11.4. The van der Waals surface area contributed by atoms with Crippen LogP contribution in [0.1, 0.15) is 12.0 Å². The summed E-state index contributed by atoms with van der Waals surface area (Å²) in [6, 6.07) is 10.5. The molecular formula is C14H17N3O. The van der Waals surface area contributed by atoms with Crippen LogP contribution in [0.5, 0.6) is 0 Å². The smallest absolute Gasteiger partial charge is 0.252 e. The zero-order valence-corrected chi connectivity index (χ0v) is 10.5. The van der Waals surface area contributed by atoms with Gasteiger partial charge in [-0.05, 0) is 12.0 Å². The van der Waals surface area contributed by atoms with E-state index in [0.29, 0.717) is 0 Å². The van der Waals surface area contributed by atoms with Crippen molar-refractivity contribution in [2.75, 3.05) is 13.6 Å². The number of nitrogens with zero attached hydrogens (tertiary/aromatic N) is 2. The first-order valence-corrected chi connectivity index (χ1v) is 6.38. The minimum atomic E-state index is -0.0658. The number of rotatable bonds is 2. The Morgan fingerprint density at radius 3 is 2.94 bits per heavy atom. The lowest BCUT2D eigenvalue weighted by molar-refractivity contribution is -0.131. The van der Waals surface area contributed by atoms with Crippen LogP contribution in [0.2, 0.25) is 0 Å². The first-order valence-electron chi connectivity index (χ1n) is 6.38. The van der Waals surface area contributed by atoms with E-state index in [-0.39, 0.29) is 17.9 Å². The third kappa shape index (κ3) is 1.93. The molecule has 0 aliphatic carbocycles. The average molecular weight is 243 g/mol. The number of carbonyl (C=O) groups excluding carboxylic acids is 1. The Bertz CT molecular complexity index is 483. The first-order chi connectivity index (χ1) is 8.75. The van der Waals surface area contributed by atoms with Gasteiger partial charge in [0, 0.05) is 26.1 Å². The highest BCUT2D eigenvalue weighted by molar-refractivity contribution is 6.09. The SMILES string of the molecule is CN1N=C2CCNC(Cc3ccccc3)C2C1=O. The van der Waals surface area contributed by atoms with Gasteiger partial charge in [0.1, 0.15) is 0 Å². The number of amides is 1. The Labute approximate surface area is 107 Å². The summed E-state index contributed by atoms with van der Waals surface area (Å²) in [5.74, 6) is 0.0575. The quantitative estimate of drug-likeness (QED) is 0.843. The highest BCUT2D eigenvalue weighted by Gasteiger charge is 2.41. The molecule has 2 unspecified atom stereocenters. The summed E-state index contributed by atoms with van der Waals surface area (Å²) in [4.78, 5) is 12.1. The van der Waals surface area contributed by atoms with Gasteiger partial charge in [-0.15, -0.1) is 0 Å². The largest absolute Gasteiger partial charge is 0.312 e. The van der Waals surface area contributed by atoms with E-state index in [1.807, 2.05) is 18.2 Å². The fourth-order valence-corrected chi connectivity index (χ4v) is 2.82. The average Bonchev–Trinajstić information content (AvgIpc) is 2.67. The third-order valence-corrected chi connectivity index (χ3v) is 3.71. The second kappa shape index (κ2) is 4.53. The van der Waals surface area contributed by atoms with Gasteiger partial charge in [-0.3, -0.25) is 4.79 Å². The van der Waals surface area contributed by atoms with Crippen molar-refractivity contribution in [3.63, 3.8) is 0 Å². The highest BCUT2D eigenvalue weighted by atomic mass is 16.2. The van der Waals surface area contributed by atoms with Crippen molar-refractivity contribution >= 4 is 11.6 Å². The predicted octanol–water partition coefficient (Wildman–Crippen LogP) is 1.04. The zero-order valence-electron chi connectivity index (χ0n) is 10.5. The summed E-state index contributed by atoms with van der Waals surface area (Å²) >= 11 is 0. The van der Waals surface area contributed by atoms with Gasteiger partial charge in [-0.2, -0.15) is 5.10 Å². The summed E-state index contributed by atoms with van der Waals surface area (Å²) < 4.78 is 0. The third-order valence-electron chi connectivity index (χ3n) is 3.71. The number of nitrogens with one attached hydrogen (secondary N) is 1. The lowest BCUT2D eigenvalue weighted by Crippen LogP contribution is -2.50. The van der Waals surface area contributed by atoms with E-state index in [1.165, 1.54) is 10.6 Å². The van der Waals surface area contributed by atoms with Crippen LogP contribution in [0.15, 0.2) is 35.4 Å². The number of hydrogen-bond donors (Lipinski definition) is 1. The van der Waals surface area contributed by atoms with Crippen LogP contribution in [0.25, 0.3) is 0 Å². The van der Waals surface area contributed by atoms with Gasteiger partial charge in [0.2, 0.25) is 0 Å². The zero-order chi connectivity index (χ0) is 12.5. The molecule has 0 aromatic heterocycles.